The van der Waals surface area contributed by atoms with Gasteiger partial charge in [-0.25, -0.2) is 0 Å². The van der Waals surface area contributed by atoms with Crippen LogP contribution in [-0.2, 0) is 0 Å². The standard InChI is InChI=1S/C44H27NO2/c1-2-10-31(11-3-1)45(40-15-8-14-37-34(40)25-26-39-35-13-6-7-16-41(35)46-44(37)39)32-21-17-28(18-22-32)30-20-23-36-38-24-19-29-9-4-5-12-33(29)43(38)47-42(36)27-30/h1-27H. The Hall–Kier alpha value is -6.32. The lowest BCUT2D eigenvalue weighted by Gasteiger charge is -2.27. The Morgan fingerprint density at radius 3 is 1.79 bits per heavy atom. The highest BCUT2D eigenvalue weighted by atomic mass is 16.3. The molecule has 0 saturated heterocycles. The Labute approximate surface area is 270 Å². The minimum atomic E-state index is 0.900. The van der Waals surface area contributed by atoms with Crippen LogP contribution < -0.4 is 4.90 Å². The molecule has 0 N–H and O–H groups in total. The maximum Gasteiger partial charge on any atom is 0.143 e. The Morgan fingerprint density at radius 2 is 0.915 bits per heavy atom. The zero-order chi connectivity index (χ0) is 30.9. The average Bonchev–Trinajstić information content (AvgIpc) is 3.71. The molecule has 10 aromatic rings. The minimum absolute atomic E-state index is 0.900. The third kappa shape index (κ3) is 4.00. The van der Waals surface area contributed by atoms with Gasteiger partial charge in [0.2, 0.25) is 0 Å². The molecule has 0 aliphatic heterocycles. The Kier molecular flexibility index (Phi) is 5.57. The molecule has 0 spiro atoms. The van der Waals surface area contributed by atoms with Crippen LogP contribution in [0.1, 0.15) is 0 Å². The molecule has 8 aromatic carbocycles. The average molecular weight is 602 g/mol. The van der Waals surface area contributed by atoms with Crippen LogP contribution in [0.2, 0.25) is 0 Å². The molecule has 0 fully saturated rings. The summed E-state index contributed by atoms with van der Waals surface area (Å²) in [4.78, 5) is 2.33. The van der Waals surface area contributed by atoms with E-state index in [1.54, 1.807) is 0 Å². The fourth-order valence-electron chi connectivity index (χ4n) is 7.21. The predicted molar refractivity (Wildman–Crippen MR) is 196 cm³/mol. The summed E-state index contributed by atoms with van der Waals surface area (Å²) < 4.78 is 12.9. The van der Waals surface area contributed by atoms with Crippen LogP contribution in [0.25, 0.3) is 76.5 Å². The van der Waals surface area contributed by atoms with Crippen LogP contribution in [0.15, 0.2) is 173 Å². The van der Waals surface area contributed by atoms with E-state index < -0.39 is 0 Å². The van der Waals surface area contributed by atoms with Crippen molar-refractivity contribution < 1.29 is 8.83 Å². The summed E-state index contributed by atoms with van der Waals surface area (Å²) in [5, 5.41) is 9.11. The molecular weight excluding hydrogens is 574 g/mol. The van der Waals surface area contributed by atoms with Crippen molar-refractivity contribution in [2.45, 2.75) is 0 Å². The molecule has 47 heavy (non-hydrogen) atoms. The first-order chi connectivity index (χ1) is 23.3. The fourth-order valence-corrected chi connectivity index (χ4v) is 7.21. The van der Waals surface area contributed by atoms with Crippen molar-refractivity contribution in [1.29, 1.82) is 0 Å². The Morgan fingerprint density at radius 1 is 0.340 bits per heavy atom. The monoisotopic (exact) mass is 601 g/mol. The second kappa shape index (κ2) is 10.1. The molecule has 2 heterocycles. The number of nitrogens with zero attached hydrogens (tertiary/aromatic N) is 1. The summed E-state index contributed by atoms with van der Waals surface area (Å²) in [7, 11) is 0. The molecule has 3 nitrogen and oxygen atoms in total. The van der Waals surface area contributed by atoms with E-state index in [9.17, 15) is 0 Å². The topological polar surface area (TPSA) is 29.5 Å². The summed E-state index contributed by atoms with van der Waals surface area (Å²) in [6.45, 7) is 0. The molecule has 0 saturated carbocycles. The third-order valence-corrected chi connectivity index (χ3v) is 9.46. The van der Waals surface area contributed by atoms with Crippen LogP contribution in [0.3, 0.4) is 0 Å². The molecule has 0 aliphatic carbocycles. The Balaban J connectivity index is 1.09. The third-order valence-electron chi connectivity index (χ3n) is 9.46. The van der Waals surface area contributed by atoms with Crippen LogP contribution in [-0.4, -0.2) is 0 Å². The first-order valence-electron chi connectivity index (χ1n) is 15.9. The van der Waals surface area contributed by atoms with E-state index in [2.05, 4.69) is 157 Å². The zero-order valence-electron chi connectivity index (χ0n) is 25.4. The quantitative estimate of drug-likeness (QED) is 0.201. The maximum atomic E-state index is 6.48. The zero-order valence-corrected chi connectivity index (χ0v) is 25.4. The van der Waals surface area contributed by atoms with Crippen LogP contribution in [0, 0.1) is 0 Å². The smallest absolute Gasteiger partial charge is 0.143 e. The first-order valence-corrected chi connectivity index (χ1v) is 15.9. The van der Waals surface area contributed by atoms with Gasteiger partial charge in [0.15, 0.2) is 0 Å². The van der Waals surface area contributed by atoms with Crippen LogP contribution in [0.4, 0.5) is 17.1 Å². The number of hydrogen-bond donors (Lipinski definition) is 0. The van der Waals surface area contributed by atoms with E-state index in [1.165, 1.54) is 5.39 Å². The molecule has 3 heteroatoms. The van der Waals surface area contributed by atoms with E-state index in [0.29, 0.717) is 0 Å². The van der Waals surface area contributed by atoms with Crippen molar-refractivity contribution in [1.82, 2.24) is 0 Å². The molecule has 0 bridgehead atoms. The van der Waals surface area contributed by atoms with Gasteiger partial charge in [-0.05, 0) is 77.2 Å². The molecule has 0 radical (unpaired) electrons. The van der Waals surface area contributed by atoms with Gasteiger partial charge in [-0.1, -0.05) is 103 Å². The number of para-hydroxylation sites is 2. The van der Waals surface area contributed by atoms with E-state index in [4.69, 9.17) is 8.83 Å². The lowest BCUT2D eigenvalue weighted by Crippen LogP contribution is -2.10. The lowest BCUT2D eigenvalue weighted by atomic mass is 10.0. The molecule has 0 atom stereocenters. The summed E-state index contributed by atoms with van der Waals surface area (Å²) >= 11 is 0. The molecule has 10 rings (SSSR count). The SMILES string of the molecule is c1ccc(N(c2ccc(-c3ccc4c(c3)oc3c5ccccc5ccc43)cc2)c2cccc3c2ccc2c4ccccc4oc32)cc1. The second-order valence-corrected chi connectivity index (χ2v) is 12.1. The van der Waals surface area contributed by atoms with E-state index in [1.807, 2.05) is 12.1 Å². The lowest BCUT2D eigenvalue weighted by molar-refractivity contribution is 0.672. The largest absolute Gasteiger partial charge is 0.455 e. The van der Waals surface area contributed by atoms with Crippen molar-refractivity contribution in [3.05, 3.63) is 164 Å². The van der Waals surface area contributed by atoms with Gasteiger partial charge in [-0.2, -0.15) is 0 Å². The van der Waals surface area contributed by atoms with Gasteiger partial charge in [0.1, 0.15) is 22.3 Å². The van der Waals surface area contributed by atoms with Gasteiger partial charge >= 0.3 is 0 Å². The van der Waals surface area contributed by atoms with Crippen molar-refractivity contribution in [3.8, 4) is 11.1 Å². The van der Waals surface area contributed by atoms with Gasteiger partial charge in [-0.3, -0.25) is 0 Å². The van der Waals surface area contributed by atoms with Gasteiger partial charge in [0.25, 0.3) is 0 Å². The summed E-state index contributed by atoms with van der Waals surface area (Å²) in [6, 6.07) is 57.8. The predicted octanol–water partition coefficient (Wildman–Crippen LogP) is 12.9. The molecular formula is C44H27NO2. The number of benzene rings is 8. The van der Waals surface area contributed by atoms with Gasteiger partial charge in [0, 0.05) is 49.1 Å². The van der Waals surface area contributed by atoms with E-state index in [-0.39, 0.29) is 0 Å². The van der Waals surface area contributed by atoms with Crippen molar-refractivity contribution in [2.75, 3.05) is 4.90 Å². The van der Waals surface area contributed by atoms with Gasteiger partial charge in [-0.15, -0.1) is 0 Å². The Bertz CT molecular complexity index is 2790. The van der Waals surface area contributed by atoms with Crippen molar-refractivity contribution in [2.24, 2.45) is 0 Å². The fraction of sp³-hybridized carbons (Fsp3) is 0. The molecule has 0 unspecified atom stereocenters. The van der Waals surface area contributed by atoms with E-state index in [0.717, 1.165) is 88.2 Å². The second-order valence-electron chi connectivity index (χ2n) is 12.1. The van der Waals surface area contributed by atoms with E-state index >= 15 is 0 Å². The molecule has 220 valence electrons. The normalized spacial score (nSPS) is 11.8. The van der Waals surface area contributed by atoms with Crippen LogP contribution >= 0.6 is 0 Å². The maximum absolute atomic E-state index is 6.48. The summed E-state index contributed by atoms with van der Waals surface area (Å²) in [5.74, 6) is 0. The molecule has 0 aliphatic rings. The highest BCUT2D eigenvalue weighted by Crippen LogP contribution is 2.43. The van der Waals surface area contributed by atoms with Crippen LogP contribution in [0.5, 0.6) is 0 Å². The highest BCUT2D eigenvalue weighted by Gasteiger charge is 2.18. The summed E-state index contributed by atoms with van der Waals surface area (Å²) in [6.07, 6.45) is 0. The minimum Gasteiger partial charge on any atom is -0.455 e. The number of fused-ring (bicyclic) bond motifs is 10. The molecule has 0 amide bonds. The van der Waals surface area contributed by atoms with Gasteiger partial charge in [0.05, 0.1) is 5.69 Å². The number of rotatable bonds is 4. The molecule has 2 aromatic heterocycles. The first kappa shape index (κ1) is 26.0. The van der Waals surface area contributed by atoms with Crippen molar-refractivity contribution in [3.63, 3.8) is 0 Å². The number of anilines is 3. The van der Waals surface area contributed by atoms with Gasteiger partial charge < -0.3 is 13.7 Å². The van der Waals surface area contributed by atoms with Crippen molar-refractivity contribution >= 4 is 82.5 Å². The number of furan rings is 2. The summed E-state index contributed by atoms with van der Waals surface area (Å²) in [5.41, 5.74) is 9.19. The highest BCUT2D eigenvalue weighted by molar-refractivity contribution is 6.18. The number of hydrogen-bond acceptors (Lipinski definition) is 3.